The minimum absolute atomic E-state index is 0.0131. The number of nitrogens with one attached hydrogen (secondary N) is 1. The predicted octanol–water partition coefficient (Wildman–Crippen LogP) is 0.646. The molecule has 1 aromatic heterocycles. The van der Waals surface area contributed by atoms with E-state index in [9.17, 15) is 9.59 Å². The fraction of sp³-hybridized carbons (Fsp3) is 0.615. The van der Waals surface area contributed by atoms with E-state index < -0.39 is 0 Å². The number of fused-ring (bicyclic) bond motifs is 1. The Morgan fingerprint density at radius 1 is 1.42 bits per heavy atom. The average Bonchev–Trinajstić information content (AvgIpc) is 2.31. The van der Waals surface area contributed by atoms with E-state index in [1.54, 1.807) is 11.9 Å². The van der Waals surface area contributed by atoms with Crippen molar-refractivity contribution in [2.45, 2.75) is 39.3 Å². The number of carbonyl (C=O) groups is 1. The van der Waals surface area contributed by atoms with E-state index in [0.717, 1.165) is 5.56 Å². The second-order valence-electron chi connectivity index (χ2n) is 5.94. The van der Waals surface area contributed by atoms with Gasteiger partial charge in [0.15, 0.2) is 0 Å². The van der Waals surface area contributed by atoms with E-state index in [0.29, 0.717) is 25.2 Å². The summed E-state index contributed by atoms with van der Waals surface area (Å²) in [6.45, 7) is 6.77. The van der Waals surface area contributed by atoms with Crippen molar-refractivity contribution in [1.82, 2.24) is 19.8 Å². The van der Waals surface area contributed by atoms with Crippen LogP contribution in [0.25, 0.3) is 0 Å². The van der Waals surface area contributed by atoms with E-state index in [4.69, 9.17) is 0 Å². The predicted molar refractivity (Wildman–Crippen MR) is 71.9 cm³/mol. The molecule has 0 fully saturated rings. The number of hydrogen-bond donors (Lipinski definition) is 1. The highest BCUT2D eigenvalue weighted by atomic mass is 16.2. The van der Waals surface area contributed by atoms with Gasteiger partial charge in [0.1, 0.15) is 0 Å². The van der Waals surface area contributed by atoms with Crippen molar-refractivity contribution >= 4 is 6.03 Å². The Bertz CT molecular complexity index is 557. The van der Waals surface area contributed by atoms with Crippen LogP contribution < -0.4 is 10.9 Å². The fourth-order valence-corrected chi connectivity index (χ4v) is 2.09. The van der Waals surface area contributed by atoms with Crippen LogP contribution in [0.4, 0.5) is 4.79 Å². The Balaban J connectivity index is 2.17. The Morgan fingerprint density at radius 3 is 2.74 bits per heavy atom. The first kappa shape index (κ1) is 13.6. The summed E-state index contributed by atoms with van der Waals surface area (Å²) in [6.07, 6.45) is 2.07. The van der Waals surface area contributed by atoms with Crippen molar-refractivity contribution in [2.24, 2.45) is 7.05 Å². The van der Waals surface area contributed by atoms with Crippen LogP contribution in [0.15, 0.2) is 11.1 Å². The van der Waals surface area contributed by atoms with Gasteiger partial charge in [-0.2, -0.15) is 0 Å². The second kappa shape index (κ2) is 4.68. The highest BCUT2D eigenvalue weighted by molar-refractivity contribution is 5.75. The third-order valence-corrected chi connectivity index (χ3v) is 3.06. The van der Waals surface area contributed by atoms with Crippen LogP contribution in [0.2, 0.25) is 0 Å². The Hall–Kier alpha value is -1.85. The average molecular weight is 264 g/mol. The van der Waals surface area contributed by atoms with E-state index in [-0.39, 0.29) is 17.1 Å². The quantitative estimate of drug-likeness (QED) is 0.748. The molecule has 2 heterocycles. The fourth-order valence-electron chi connectivity index (χ4n) is 2.09. The van der Waals surface area contributed by atoms with Crippen LogP contribution in [0.1, 0.15) is 32.0 Å². The molecule has 1 aliphatic rings. The molecule has 0 atom stereocenters. The number of amides is 2. The molecule has 1 aliphatic heterocycles. The van der Waals surface area contributed by atoms with Gasteiger partial charge >= 0.3 is 6.03 Å². The molecule has 104 valence electrons. The maximum absolute atomic E-state index is 12.1. The summed E-state index contributed by atoms with van der Waals surface area (Å²) >= 11 is 0. The van der Waals surface area contributed by atoms with Crippen molar-refractivity contribution in [1.29, 1.82) is 0 Å². The molecule has 0 bridgehead atoms. The van der Waals surface area contributed by atoms with Crippen LogP contribution >= 0.6 is 0 Å². The molecule has 6 heteroatoms. The molecule has 0 saturated carbocycles. The zero-order chi connectivity index (χ0) is 14.2. The second-order valence-corrected chi connectivity index (χ2v) is 5.94. The van der Waals surface area contributed by atoms with Crippen molar-refractivity contribution in [3.8, 4) is 0 Å². The Kier molecular flexibility index (Phi) is 3.34. The molecule has 2 rings (SSSR count). The zero-order valence-corrected chi connectivity index (χ0v) is 11.9. The molecule has 1 N–H and O–H groups in total. The topological polar surface area (TPSA) is 67.2 Å². The molecule has 6 nitrogen and oxygen atoms in total. The van der Waals surface area contributed by atoms with Crippen LogP contribution in [0, 0.1) is 0 Å². The van der Waals surface area contributed by atoms with E-state index in [1.165, 1.54) is 10.9 Å². The molecule has 19 heavy (non-hydrogen) atoms. The normalized spacial score (nSPS) is 15.1. The molecule has 0 radical (unpaired) electrons. The highest BCUT2D eigenvalue weighted by Crippen LogP contribution is 2.14. The summed E-state index contributed by atoms with van der Waals surface area (Å²) in [5, 5.41) is 2.92. The number of hydrogen-bond acceptors (Lipinski definition) is 3. The maximum atomic E-state index is 12.1. The minimum Gasteiger partial charge on any atom is -0.333 e. The summed E-state index contributed by atoms with van der Waals surface area (Å²) in [4.78, 5) is 29.9. The van der Waals surface area contributed by atoms with Gasteiger partial charge in [-0.3, -0.25) is 4.79 Å². The van der Waals surface area contributed by atoms with Gasteiger partial charge in [-0.05, 0) is 27.2 Å². The lowest BCUT2D eigenvalue weighted by Crippen LogP contribution is -2.50. The number of aromatic nitrogens is 2. The number of rotatable bonds is 0. The number of carbonyl (C=O) groups excluding carboxylic acids is 1. The van der Waals surface area contributed by atoms with Gasteiger partial charge in [0, 0.05) is 24.7 Å². The molecule has 0 aliphatic carbocycles. The summed E-state index contributed by atoms with van der Waals surface area (Å²) < 4.78 is 1.48. The lowest BCUT2D eigenvalue weighted by Gasteiger charge is -2.31. The van der Waals surface area contributed by atoms with Gasteiger partial charge in [-0.25, -0.2) is 9.78 Å². The minimum atomic E-state index is -0.266. The summed E-state index contributed by atoms with van der Waals surface area (Å²) in [6, 6.07) is -0.111. The molecule has 0 saturated heterocycles. The van der Waals surface area contributed by atoms with Gasteiger partial charge in [0.05, 0.1) is 18.6 Å². The highest BCUT2D eigenvalue weighted by Gasteiger charge is 2.26. The van der Waals surface area contributed by atoms with E-state index in [1.807, 2.05) is 20.8 Å². The largest absolute Gasteiger partial charge is 0.333 e. The van der Waals surface area contributed by atoms with Gasteiger partial charge < -0.3 is 14.8 Å². The molecule has 0 spiro atoms. The molecule has 0 unspecified atom stereocenters. The smallest absolute Gasteiger partial charge is 0.318 e. The lowest BCUT2D eigenvalue weighted by molar-refractivity contribution is 0.182. The van der Waals surface area contributed by atoms with Crippen LogP contribution in [0.5, 0.6) is 0 Å². The van der Waals surface area contributed by atoms with Crippen LogP contribution in [0.3, 0.4) is 0 Å². The maximum Gasteiger partial charge on any atom is 0.318 e. The zero-order valence-electron chi connectivity index (χ0n) is 11.9. The van der Waals surface area contributed by atoms with Crippen molar-refractivity contribution < 1.29 is 4.79 Å². The van der Waals surface area contributed by atoms with Gasteiger partial charge in [-0.1, -0.05) is 0 Å². The van der Waals surface area contributed by atoms with Gasteiger partial charge in [0.25, 0.3) is 5.56 Å². The van der Waals surface area contributed by atoms with Crippen LogP contribution in [-0.2, 0) is 20.0 Å². The summed E-state index contributed by atoms with van der Waals surface area (Å²) in [5.74, 6) is 0. The number of urea groups is 1. The van der Waals surface area contributed by atoms with Crippen LogP contribution in [-0.4, -0.2) is 32.6 Å². The molecule has 1 aromatic rings. The first-order chi connectivity index (χ1) is 8.78. The molecular formula is C13H20N4O2. The first-order valence-corrected chi connectivity index (χ1v) is 6.38. The standard InChI is InChI=1S/C13H20N4O2/c1-13(2,3)15-12(19)17-6-5-9-10(7-17)14-8-16(4)11(9)18/h8H,5-7H2,1-4H3,(H,15,19). The molecular weight excluding hydrogens is 244 g/mol. The van der Waals surface area contributed by atoms with E-state index in [2.05, 4.69) is 10.3 Å². The Labute approximate surface area is 112 Å². The van der Waals surface area contributed by atoms with Crippen molar-refractivity contribution in [2.75, 3.05) is 6.54 Å². The Morgan fingerprint density at radius 2 is 2.11 bits per heavy atom. The van der Waals surface area contributed by atoms with Crippen molar-refractivity contribution in [3.05, 3.63) is 27.9 Å². The molecule has 2 amide bonds. The summed E-state index contributed by atoms with van der Waals surface area (Å²) in [5.41, 5.74) is 1.15. The lowest BCUT2D eigenvalue weighted by atomic mass is 10.1. The SMILES string of the molecule is Cn1cnc2c(c1=O)CCN(C(=O)NC(C)(C)C)C2. The summed E-state index contributed by atoms with van der Waals surface area (Å²) in [7, 11) is 1.69. The monoisotopic (exact) mass is 264 g/mol. The first-order valence-electron chi connectivity index (χ1n) is 6.38. The number of nitrogens with zero attached hydrogens (tertiary/aromatic N) is 3. The van der Waals surface area contributed by atoms with Gasteiger partial charge in [0.2, 0.25) is 0 Å². The van der Waals surface area contributed by atoms with E-state index >= 15 is 0 Å². The third kappa shape index (κ3) is 2.94. The van der Waals surface area contributed by atoms with Gasteiger partial charge in [-0.15, -0.1) is 0 Å². The molecule has 0 aromatic carbocycles. The number of aryl methyl sites for hydroxylation is 1. The van der Waals surface area contributed by atoms with Crippen molar-refractivity contribution in [3.63, 3.8) is 0 Å². The third-order valence-electron chi connectivity index (χ3n) is 3.06.